The van der Waals surface area contributed by atoms with Crippen LogP contribution in [-0.4, -0.2) is 82.6 Å². The molecule has 1 aliphatic heterocycles. The van der Waals surface area contributed by atoms with Crippen LogP contribution in [-0.2, 0) is 24.3 Å². The Hall–Kier alpha value is -1.19. The van der Waals surface area contributed by atoms with Crippen molar-refractivity contribution in [3.8, 4) is 0 Å². The summed E-state index contributed by atoms with van der Waals surface area (Å²) < 4.78 is 29.5. The SMILES string of the molecule is CNC(=O)[C@@H]1CN(C(=O)CCOC)CCN(S(C)(=O)=O)C1. The Morgan fingerprint density at radius 2 is 1.95 bits per heavy atom. The van der Waals surface area contributed by atoms with Crippen molar-refractivity contribution in [2.24, 2.45) is 5.92 Å². The molecule has 1 aliphatic rings. The highest BCUT2D eigenvalue weighted by Gasteiger charge is 2.32. The number of hydrogen-bond donors (Lipinski definition) is 1. The summed E-state index contributed by atoms with van der Waals surface area (Å²) in [5.41, 5.74) is 0. The number of nitrogens with zero attached hydrogens (tertiary/aromatic N) is 2. The number of amides is 2. The van der Waals surface area contributed by atoms with Crippen molar-refractivity contribution >= 4 is 21.8 Å². The molecule has 0 radical (unpaired) electrons. The van der Waals surface area contributed by atoms with Crippen molar-refractivity contribution in [1.29, 1.82) is 0 Å². The molecule has 1 saturated heterocycles. The van der Waals surface area contributed by atoms with Crippen molar-refractivity contribution in [2.75, 3.05) is 53.2 Å². The molecule has 1 N–H and O–H groups in total. The Bertz CT molecular complexity index is 479. The first-order chi connectivity index (χ1) is 9.79. The molecular formula is C12H23N3O5S. The largest absolute Gasteiger partial charge is 0.384 e. The zero-order chi connectivity index (χ0) is 16.0. The van der Waals surface area contributed by atoms with Crippen molar-refractivity contribution in [1.82, 2.24) is 14.5 Å². The van der Waals surface area contributed by atoms with E-state index < -0.39 is 15.9 Å². The van der Waals surface area contributed by atoms with Gasteiger partial charge in [0.2, 0.25) is 21.8 Å². The number of carbonyl (C=O) groups excluding carboxylic acids is 2. The second-order valence-electron chi connectivity index (χ2n) is 5.01. The van der Waals surface area contributed by atoms with Crippen molar-refractivity contribution in [3.63, 3.8) is 0 Å². The number of nitrogens with one attached hydrogen (secondary N) is 1. The van der Waals surface area contributed by atoms with E-state index in [-0.39, 0.29) is 44.4 Å². The van der Waals surface area contributed by atoms with E-state index in [1.165, 1.54) is 23.4 Å². The third kappa shape index (κ3) is 5.25. The summed E-state index contributed by atoms with van der Waals surface area (Å²) in [6, 6.07) is 0. The maximum atomic E-state index is 12.1. The molecule has 0 aliphatic carbocycles. The van der Waals surface area contributed by atoms with E-state index in [9.17, 15) is 18.0 Å². The maximum absolute atomic E-state index is 12.1. The molecule has 0 unspecified atom stereocenters. The van der Waals surface area contributed by atoms with E-state index >= 15 is 0 Å². The summed E-state index contributed by atoms with van der Waals surface area (Å²) in [6.07, 6.45) is 1.33. The second-order valence-corrected chi connectivity index (χ2v) is 7.00. The number of hydrogen-bond acceptors (Lipinski definition) is 5. The molecule has 1 rings (SSSR count). The van der Waals surface area contributed by atoms with Crippen LogP contribution in [0.15, 0.2) is 0 Å². The highest BCUT2D eigenvalue weighted by molar-refractivity contribution is 7.88. The molecule has 1 heterocycles. The van der Waals surface area contributed by atoms with E-state index in [0.29, 0.717) is 6.61 Å². The van der Waals surface area contributed by atoms with Crippen LogP contribution in [0.2, 0.25) is 0 Å². The van der Waals surface area contributed by atoms with E-state index in [1.54, 1.807) is 0 Å². The van der Waals surface area contributed by atoms with E-state index in [2.05, 4.69) is 5.32 Å². The first kappa shape index (κ1) is 17.9. The van der Waals surface area contributed by atoms with Gasteiger partial charge in [0.15, 0.2) is 0 Å². The lowest BCUT2D eigenvalue weighted by Crippen LogP contribution is -2.42. The van der Waals surface area contributed by atoms with Gasteiger partial charge in [-0.25, -0.2) is 8.42 Å². The maximum Gasteiger partial charge on any atom is 0.225 e. The number of methoxy groups -OCH3 is 1. The van der Waals surface area contributed by atoms with Gasteiger partial charge in [0.05, 0.1) is 25.2 Å². The minimum Gasteiger partial charge on any atom is -0.384 e. The molecule has 0 aromatic rings. The molecule has 0 aromatic heterocycles. The first-order valence-corrected chi connectivity index (χ1v) is 8.57. The summed E-state index contributed by atoms with van der Waals surface area (Å²) in [6.45, 7) is 1.09. The molecular weight excluding hydrogens is 298 g/mol. The summed E-state index contributed by atoms with van der Waals surface area (Å²) in [7, 11) is -0.396. The number of sulfonamides is 1. The molecule has 0 bridgehead atoms. The van der Waals surface area contributed by atoms with Crippen LogP contribution in [0.3, 0.4) is 0 Å². The van der Waals surface area contributed by atoms with Crippen LogP contribution >= 0.6 is 0 Å². The fraction of sp³-hybridized carbons (Fsp3) is 0.833. The molecule has 1 atom stereocenters. The van der Waals surface area contributed by atoms with Gasteiger partial charge in [-0.1, -0.05) is 0 Å². The predicted molar refractivity (Wildman–Crippen MR) is 77.0 cm³/mol. The van der Waals surface area contributed by atoms with Crippen molar-refractivity contribution in [3.05, 3.63) is 0 Å². The van der Waals surface area contributed by atoms with Crippen LogP contribution in [0.5, 0.6) is 0 Å². The number of rotatable bonds is 5. The van der Waals surface area contributed by atoms with Gasteiger partial charge in [0.25, 0.3) is 0 Å². The Balaban J connectivity index is 2.87. The zero-order valence-electron chi connectivity index (χ0n) is 12.7. The first-order valence-electron chi connectivity index (χ1n) is 6.73. The van der Waals surface area contributed by atoms with Gasteiger partial charge < -0.3 is 15.0 Å². The quantitative estimate of drug-likeness (QED) is 0.664. The Labute approximate surface area is 125 Å². The second kappa shape index (κ2) is 7.71. The number of ether oxygens (including phenoxy) is 1. The monoisotopic (exact) mass is 321 g/mol. The van der Waals surface area contributed by atoms with Gasteiger partial charge in [0.1, 0.15) is 0 Å². The molecule has 21 heavy (non-hydrogen) atoms. The molecule has 1 fully saturated rings. The normalized spacial score (nSPS) is 20.9. The molecule has 9 heteroatoms. The van der Waals surface area contributed by atoms with Crippen LogP contribution in [0.4, 0.5) is 0 Å². The van der Waals surface area contributed by atoms with E-state index in [4.69, 9.17) is 4.74 Å². The average molecular weight is 321 g/mol. The van der Waals surface area contributed by atoms with Crippen molar-refractivity contribution < 1.29 is 22.7 Å². The van der Waals surface area contributed by atoms with Gasteiger partial charge in [-0.05, 0) is 0 Å². The minimum absolute atomic E-state index is 0.0898. The fourth-order valence-corrected chi connectivity index (χ4v) is 3.09. The fourth-order valence-electron chi connectivity index (χ4n) is 2.23. The summed E-state index contributed by atoms with van der Waals surface area (Å²) in [4.78, 5) is 25.5. The predicted octanol–water partition coefficient (Wildman–Crippen LogP) is -1.51. The highest BCUT2D eigenvalue weighted by Crippen LogP contribution is 2.14. The molecule has 0 spiro atoms. The summed E-state index contributed by atoms with van der Waals surface area (Å²) >= 11 is 0. The van der Waals surface area contributed by atoms with Gasteiger partial charge in [-0.15, -0.1) is 0 Å². The van der Waals surface area contributed by atoms with Crippen LogP contribution in [0.1, 0.15) is 6.42 Å². The third-order valence-corrected chi connectivity index (χ3v) is 4.71. The van der Waals surface area contributed by atoms with Gasteiger partial charge in [0, 0.05) is 40.3 Å². The van der Waals surface area contributed by atoms with Crippen LogP contribution in [0, 0.1) is 5.92 Å². The molecule has 2 amide bonds. The third-order valence-electron chi connectivity index (χ3n) is 3.44. The summed E-state index contributed by atoms with van der Waals surface area (Å²) in [5.74, 6) is -0.977. The molecule has 0 aromatic carbocycles. The van der Waals surface area contributed by atoms with Gasteiger partial charge in [-0.2, -0.15) is 4.31 Å². The molecule has 0 saturated carbocycles. The Morgan fingerprint density at radius 1 is 1.29 bits per heavy atom. The molecule has 8 nitrogen and oxygen atoms in total. The topological polar surface area (TPSA) is 96.0 Å². The van der Waals surface area contributed by atoms with E-state index in [0.717, 1.165) is 6.26 Å². The lowest BCUT2D eigenvalue weighted by atomic mass is 10.1. The minimum atomic E-state index is -3.40. The molecule has 122 valence electrons. The Kier molecular flexibility index (Phi) is 6.56. The standard InChI is InChI=1S/C12H23N3O5S/c1-13-12(17)10-8-14(11(16)4-7-20-2)5-6-15(9-10)21(3,18)19/h10H,4-9H2,1-3H3,(H,13,17)/t10-/m1/s1. The summed E-state index contributed by atoms with van der Waals surface area (Å²) in [5, 5.41) is 2.51. The number of carbonyl (C=O) groups is 2. The Morgan fingerprint density at radius 3 is 2.48 bits per heavy atom. The van der Waals surface area contributed by atoms with E-state index in [1.807, 2.05) is 0 Å². The lowest BCUT2D eigenvalue weighted by Gasteiger charge is -2.23. The smallest absolute Gasteiger partial charge is 0.225 e. The van der Waals surface area contributed by atoms with Gasteiger partial charge >= 0.3 is 0 Å². The van der Waals surface area contributed by atoms with Crippen LogP contribution in [0.25, 0.3) is 0 Å². The van der Waals surface area contributed by atoms with Crippen molar-refractivity contribution in [2.45, 2.75) is 6.42 Å². The van der Waals surface area contributed by atoms with Crippen LogP contribution < -0.4 is 5.32 Å². The average Bonchev–Trinajstić information content (AvgIpc) is 2.66. The van der Waals surface area contributed by atoms with Gasteiger partial charge in [-0.3, -0.25) is 9.59 Å². The lowest BCUT2D eigenvalue weighted by molar-refractivity contribution is -0.133. The highest BCUT2D eigenvalue weighted by atomic mass is 32.2. The zero-order valence-corrected chi connectivity index (χ0v) is 13.5.